The van der Waals surface area contributed by atoms with E-state index in [2.05, 4.69) is 5.10 Å². The van der Waals surface area contributed by atoms with Crippen molar-refractivity contribution in [2.45, 2.75) is 6.92 Å². The zero-order chi connectivity index (χ0) is 12.7. The first-order valence-electron chi connectivity index (χ1n) is 5.85. The summed E-state index contributed by atoms with van der Waals surface area (Å²) in [5, 5.41) is 4.17. The molecule has 0 saturated carbocycles. The van der Waals surface area contributed by atoms with Crippen molar-refractivity contribution in [2.75, 3.05) is 18.9 Å². The molecule has 0 unspecified atom stereocenters. The Kier molecular flexibility index (Phi) is 2.40. The first-order chi connectivity index (χ1) is 8.66. The van der Waals surface area contributed by atoms with Gasteiger partial charge in [0.1, 0.15) is 19.0 Å². The second-order valence-corrected chi connectivity index (χ2v) is 4.38. The van der Waals surface area contributed by atoms with Gasteiger partial charge in [-0.15, -0.1) is 0 Å². The van der Waals surface area contributed by atoms with E-state index in [0.29, 0.717) is 19.0 Å². The molecule has 0 saturated heterocycles. The quantitative estimate of drug-likeness (QED) is 0.831. The van der Waals surface area contributed by atoms with E-state index >= 15 is 0 Å². The minimum absolute atomic E-state index is 0.581. The molecule has 5 nitrogen and oxygen atoms in total. The maximum Gasteiger partial charge on any atom is 0.162 e. The summed E-state index contributed by atoms with van der Waals surface area (Å²) in [6.07, 6.45) is 1.77. The van der Waals surface area contributed by atoms with Gasteiger partial charge in [0.25, 0.3) is 0 Å². The Morgan fingerprint density at radius 1 is 1.17 bits per heavy atom. The maximum atomic E-state index is 6.01. The van der Waals surface area contributed by atoms with Crippen molar-refractivity contribution >= 4 is 5.82 Å². The van der Waals surface area contributed by atoms with Crippen LogP contribution in [0.5, 0.6) is 11.5 Å². The Morgan fingerprint density at radius 3 is 2.44 bits per heavy atom. The molecule has 2 aromatic rings. The lowest BCUT2D eigenvalue weighted by Gasteiger charge is -2.20. The van der Waals surface area contributed by atoms with Gasteiger partial charge in [0.2, 0.25) is 0 Å². The molecule has 1 aliphatic rings. The van der Waals surface area contributed by atoms with Crippen LogP contribution in [0.3, 0.4) is 0 Å². The van der Waals surface area contributed by atoms with Crippen molar-refractivity contribution in [3.8, 4) is 22.6 Å². The Labute approximate surface area is 105 Å². The van der Waals surface area contributed by atoms with Crippen molar-refractivity contribution in [2.24, 2.45) is 7.05 Å². The minimum atomic E-state index is 0.581. The molecule has 0 spiro atoms. The number of benzene rings is 1. The molecule has 3 rings (SSSR count). The first-order valence-corrected chi connectivity index (χ1v) is 5.85. The van der Waals surface area contributed by atoms with Crippen molar-refractivity contribution in [3.63, 3.8) is 0 Å². The number of rotatable bonds is 1. The van der Waals surface area contributed by atoms with Crippen LogP contribution in [0, 0.1) is 6.92 Å². The van der Waals surface area contributed by atoms with Crippen LogP contribution in [0.15, 0.2) is 18.3 Å². The smallest absolute Gasteiger partial charge is 0.162 e. The Bertz CT molecular complexity index is 605. The molecule has 5 heteroatoms. The van der Waals surface area contributed by atoms with E-state index in [9.17, 15) is 0 Å². The summed E-state index contributed by atoms with van der Waals surface area (Å²) in [6.45, 7) is 3.21. The molecule has 0 bridgehead atoms. The second kappa shape index (κ2) is 3.94. The number of anilines is 1. The van der Waals surface area contributed by atoms with Crippen molar-refractivity contribution in [3.05, 3.63) is 23.9 Å². The number of hydrogen-bond acceptors (Lipinski definition) is 4. The minimum Gasteiger partial charge on any atom is -0.486 e. The predicted molar refractivity (Wildman–Crippen MR) is 68.8 cm³/mol. The van der Waals surface area contributed by atoms with Crippen LogP contribution in [0.1, 0.15) is 5.56 Å². The van der Waals surface area contributed by atoms with Crippen LogP contribution in [-0.4, -0.2) is 23.0 Å². The number of nitrogens with zero attached hydrogens (tertiary/aromatic N) is 2. The zero-order valence-electron chi connectivity index (χ0n) is 10.4. The standard InChI is InChI=1S/C13H15N3O2/c1-8-5-11-12(18-4-3-17-11)6-9(8)10-7-15-16(2)13(10)14/h5-7H,3-4,14H2,1-2H3. The summed E-state index contributed by atoms with van der Waals surface area (Å²) in [7, 11) is 1.83. The summed E-state index contributed by atoms with van der Waals surface area (Å²) < 4.78 is 12.8. The van der Waals surface area contributed by atoms with Gasteiger partial charge in [-0.1, -0.05) is 0 Å². The number of nitrogens with two attached hydrogens (primary N) is 1. The SMILES string of the molecule is Cc1cc2c(cc1-c1cnn(C)c1N)OCCO2. The van der Waals surface area contributed by atoms with E-state index in [-0.39, 0.29) is 0 Å². The van der Waals surface area contributed by atoms with Crippen LogP contribution in [0.2, 0.25) is 0 Å². The second-order valence-electron chi connectivity index (χ2n) is 4.38. The molecule has 1 aromatic carbocycles. The van der Waals surface area contributed by atoms with Crippen LogP contribution < -0.4 is 15.2 Å². The van der Waals surface area contributed by atoms with E-state index in [1.807, 2.05) is 26.1 Å². The van der Waals surface area contributed by atoms with E-state index in [1.54, 1.807) is 10.9 Å². The topological polar surface area (TPSA) is 62.3 Å². The lowest BCUT2D eigenvalue weighted by Crippen LogP contribution is -2.15. The van der Waals surface area contributed by atoms with E-state index in [4.69, 9.17) is 15.2 Å². The average molecular weight is 245 g/mol. The number of aromatic nitrogens is 2. The molecule has 18 heavy (non-hydrogen) atoms. The van der Waals surface area contributed by atoms with Gasteiger partial charge in [0, 0.05) is 12.6 Å². The molecule has 0 fully saturated rings. The van der Waals surface area contributed by atoms with E-state index in [1.165, 1.54) is 0 Å². The molecular weight excluding hydrogens is 230 g/mol. The molecule has 94 valence electrons. The lowest BCUT2D eigenvalue weighted by molar-refractivity contribution is 0.171. The first kappa shape index (κ1) is 11.0. The van der Waals surface area contributed by atoms with E-state index in [0.717, 1.165) is 28.2 Å². The van der Waals surface area contributed by atoms with Crippen LogP contribution >= 0.6 is 0 Å². The van der Waals surface area contributed by atoms with Gasteiger partial charge in [-0.2, -0.15) is 5.10 Å². The molecule has 0 radical (unpaired) electrons. The van der Waals surface area contributed by atoms with Gasteiger partial charge in [-0.3, -0.25) is 4.68 Å². The van der Waals surface area contributed by atoms with Crippen LogP contribution in [-0.2, 0) is 7.05 Å². The summed E-state index contributed by atoms with van der Waals surface area (Å²) in [5.74, 6) is 2.21. The molecule has 0 amide bonds. The van der Waals surface area contributed by atoms with Gasteiger partial charge in [-0.05, 0) is 30.2 Å². The Hall–Kier alpha value is -2.17. The van der Waals surface area contributed by atoms with Gasteiger partial charge < -0.3 is 15.2 Å². The summed E-state index contributed by atoms with van der Waals surface area (Å²) in [6, 6.07) is 3.95. The summed E-state index contributed by atoms with van der Waals surface area (Å²) >= 11 is 0. The van der Waals surface area contributed by atoms with Crippen molar-refractivity contribution in [1.29, 1.82) is 0 Å². The fourth-order valence-corrected chi connectivity index (χ4v) is 2.14. The lowest BCUT2D eigenvalue weighted by atomic mass is 10.0. The zero-order valence-corrected chi connectivity index (χ0v) is 10.4. The van der Waals surface area contributed by atoms with Gasteiger partial charge >= 0.3 is 0 Å². The Balaban J connectivity index is 2.15. The summed E-state index contributed by atoms with van der Waals surface area (Å²) in [4.78, 5) is 0. The Morgan fingerprint density at radius 2 is 1.83 bits per heavy atom. The number of fused-ring (bicyclic) bond motifs is 1. The number of aryl methyl sites for hydroxylation is 2. The third-order valence-electron chi connectivity index (χ3n) is 3.16. The number of hydrogen-bond donors (Lipinski definition) is 1. The van der Waals surface area contributed by atoms with Crippen molar-refractivity contribution < 1.29 is 9.47 Å². The molecule has 0 atom stereocenters. The molecule has 0 aliphatic carbocycles. The molecular formula is C13H15N3O2. The third-order valence-corrected chi connectivity index (χ3v) is 3.16. The van der Waals surface area contributed by atoms with Crippen LogP contribution in [0.25, 0.3) is 11.1 Å². The highest BCUT2D eigenvalue weighted by Crippen LogP contribution is 2.38. The normalized spacial score (nSPS) is 13.7. The fraction of sp³-hybridized carbons (Fsp3) is 0.308. The third kappa shape index (κ3) is 1.59. The average Bonchev–Trinajstić information content (AvgIpc) is 2.69. The highest BCUT2D eigenvalue weighted by molar-refractivity contribution is 5.78. The highest BCUT2D eigenvalue weighted by Gasteiger charge is 2.17. The molecule has 1 aromatic heterocycles. The van der Waals surface area contributed by atoms with E-state index < -0.39 is 0 Å². The number of nitrogen functional groups attached to an aromatic ring is 1. The van der Waals surface area contributed by atoms with Gasteiger partial charge in [-0.25, -0.2) is 0 Å². The highest BCUT2D eigenvalue weighted by atomic mass is 16.6. The molecule has 2 heterocycles. The number of ether oxygens (including phenoxy) is 2. The maximum absolute atomic E-state index is 6.01. The monoisotopic (exact) mass is 245 g/mol. The molecule has 1 aliphatic heterocycles. The van der Waals surface area contributed by atoms with Gasteiger partial charge in [0.15, 0.2) is 11.5 Å². The van der Waals surface area contributed by atoms with Gasteiger partial charge in [0.05, 0.1) is 6.20 Å². The van der Waals surface area contributed by atoms with Crippen LogP contribution in [0.4, 0.5) is 5.82 Å². The fourth-order valence-electron chi connectivity index (χ4n) is 2.14. The van der Waals surface area contributed by atoms with Crippen molar-refractivity contribution in [1.82, 2.24) is 9.78 Å². The largest absolute Gasteiger partial charge is 0.486 e. The predicted octanol–water partition coefficient (Wildman–Crippen LogP) is 1.75. The molecule has 2 N–H and O–H groups in total. The summed E-state index contributed by atoms with van der Waals surface area (Å²) in [5.41, 5.74) is 9.06.